The van der Waals surface area contributed by atoms with Crippen molar-refractivity contribution in [2.45, 2.75) is 25.3 Å². The number of rotatable bonds is 6. The Kier molecular flexibility index (Phi) is 3.34. The molecule has 82 valence electrons. The molecular formula is C10H16N4O. The highest BCUT2D eigenvalue weighted by molar-refractivity contribution is 5.29. The topological polar surface area (TPSA) is 69.8 Å². The van der Waals surface area contributed by atoms with E-state index in [4.69, 9.17) is 0 Å². The Hall–Kier alpha value is -1.36. The fourth-order valence-electron chi connectivity index (χ4n) is 1.37. The van der Waals surface area contributed by atoms with Gasteiger partial charge >= 0.3 is 0 Å². The maximum absolute atomic E-state index is 11.2. The first-order chi connectivity index (χ1) is 7.36. The summed E-state index contributed by atoms with van der Waals surface area (Å²) in [5, 5.41) is 6.42. The van der Waals surface area contributed by atoms with Crippen LogP contribution in [0.3, 0.4) is 0 Å². The van der Waals surface area contributed by atoms with Gasteiger partial charge in [0.25, 0.3) is 5.56 Å². The molecule has 15 heavy (non-hydrogen) atoms. The second-order valence-electron chi connectivity index (χ2n) is 3.78. The molecule has 1 aromatic heterocycles. The van der Waals surface area contributed by atoms with Crippen LogP contribution in [0.2, 0.25) is 0 Å². The number of aromatic amines is 1. The standard InChI is InChI=1S/C10H16N4O/c15-10-9(13-6-7-14-10)12-5-1-4-11-8-2-3-8/h6-8,11H,1-5H2,(H,12,13)(H,14,15). The van der Waals surface area contributed by atoms with Crippen molar-refractivity contribution < 1.29 is 0 Å². The molecule has 0 amide bonds. The van der Waals surface area contributed by atoms with Gasteiger partial charge in [-0.3, -0.25) is 4.79 Å². The van der Waals surface area contributed by atoms with Crippen LogP contribution in [0.4, 0.5) is 5.82 Å². The first-order valence-electron chi connectivity index (χ1n) is 5.37. The fraction of sp³-hybridized carbons (Fsp3) is 0.600. The third kappa shape index (κ3) is 3.36. The number of hydrogen-bond acceptors (Lipinski definition) is 4. The highest BCUT2D eigenvalue weighted by atomic mass is 16.1. The van der Waals surface area contributed by atoms with Crippen molar-refractivity contribution in [1.82, 2.24) is 15.3 Å². The number of nitrogens with one attached hydrogen (secondary N) is 3. The molecule has 1 aromatic rings. The zero-order valence-corrected chi connectivity index (χ0v) is 8.62. The van der Waals surface area contributed by atoms with Gasteiger partial charge in [-0.1, -0.05) is 0 Å². The van der Waals surface area contributed by atoms with Crippen LogP contribution < -0.4 is 16.2 Å². The quantitative estimate of drug-likeness (QED) is 0.589. The van der Waals surface area contributed by atoms with E-state index < -0.39 is 0 Å². The van der Waals surface area contributed by atoms with E-state index in [-0.39, 0.29) is 5.56 Å². The summed E-state index contributed by atoms with van der Waals surface area (Å²) in [6.45, 7) is 1.78. The summed E-state index contributed by atoms with van der Waals surface area (Å²) in [4.78, 5) is 17.7. The van der Waals surface area contributed by atoms with E-state index in [1.54, 1.807) is 6.20 Å². The molecule has 2 rings (SSSR count). The minimum atomic E-state index is -0.160. The zero-order chi connectivity index (χ0) is 10.5. The van der Waals surface area contributed by atoms with Crippen molar-refractivity contribution >= 4 is 5.82 Å². The average Bonchev–Trinajstić information content (AvgIpc) is 3.04. The molecule has 5 nitrogen and oxygen atoms in total. The number of anilines is 1. The third-order valence-electron chi connectivity index (χ3n) is 2.36. The van der Waals surface area contributed by atoms with Crippen LogP contribution in [0, 0.1) is 0 Å². The van der Waals surface area contributed by atoms with Crippen molar-refractivity contribution in [2.75, 3.05) is 18.4 Å². The van der Waals surface area contributed by atoms with Gasteiger partial charge in [-0.2, -0.15) is 0 Å². The average molecular weight is 208 g/mol. The van der Waals surface area contributed by atoms with Gasteiger partial charge in [0.05, 0.1) is 0 Å². The first kappa shape index (κ1) is 10.2. The summed E-state index contributed by atoms with van der Waals surface area (Å²) < 4.78 is 0. The van der Waals surface area contributed by atoms with Crippen LogP contribution in [0.15, 0.2) is 17.2 Å². The van der Waals surface area contributed by atoms with Gasteiger partial charge in [0.1, 0.15) is 0 Å². The van der Waals surface area contributed by atoms with Crippen LogP contribution in [0.5, 0.6) is 0 Å². The van der Waals surface area contributed by atoms with Gasteiger partial charge in [-0.05, 0) is 25.8 Å². The Morgan fingerprint density at radius 1 is 1.47 bits per heavy atom. The highest BCUT2D eigenvalue weighted by Gasteiger charge is 2.19. The minimum Gasteiger partial charge on any atom is -0.365 e. The second kappa shape index (κ2) is 4.93. The van der Waals surface area contributed by atoms with Crippen LogP contribution >= 0.6 is 0 Å². The molecule has 1 aliphatic rings. The van der Waals surface area contributed by atoms with E-state index in [1.807, 2.05) is 0 Å². The van der Waals surface area contributed by atoms with E-state index in [0.717, 1.165) is 25.6 Å². The Morgan fingerprint density at radius 3 is 3.07 bits per heavy atom. The molecule has 1 saturated carbocycles. The van der Waals surface area contributed by atoms with E-state index in [2.05, 4.69) is 20.6 Å². The number of nitrogens with zero attached hydrogens (tertiary/aromatic N) is 1. The van der Waals surface area contributed by atoms with E-state index in [9.17, 15) is 4.79 Å². The minimum absolute atomic E-state index is 0.160. The zero-order valence-electron chi connectivity index (χ0n) is 8.62. The molecule has 1 fully saturated rings. The Morgan fingerprint density at radius 2 is 2.33 bits per heavy atom. The van der Waals surface area contributed by atoms with E-state index in [0.29, 0.717) is 5.82 Å². The monoisotopic (exact) mass is 208 g/mol. The molecule has 0 atom stereocenters. The largest absolute Gasteiger partial charge is 0.365 e. The van der Waals surface area contributed by atoms with Gasteiger partial charge in [-0.25, -0.2) is 4.98 Å². The molecule has 1 aliphatic carbocycles. The van der Waals surface area contributed by atoms with Crippen molar-refractivity contribution in [3.63, 3.8) is 0 Å². The summed E-state index contributed by atoms with van der Waals surface area (Å²) in [7, 11) is 0. The van der Waals surface area contributed by atoms with Crippen LogP contribution in [0.25, 0.3) is 0 Å². The third-order valence-corrected chi connectivity index (χ3v) is 2.36. The van der Waals surface area contributed by atoms with Crippen LogP contribution in [0.1, 0.15) is 19.3 Å². The Balaban J connectivity index is 1.64. The van der Waals surface area contributed by atoms with Crippen molar-refractivity contribution in [2.24, 2.45) is 0 Å². The Labute approximate surface area is 88.3 Å². The van der Waals surface area contributed by atoms with E-state index in [1.165, 1.54) is 19.0 Å². The predicted molar refractivity (Wildman–Crippen MR) is 59.0 cm³/mol. The smallest absolute Gasteiger partial charge is 0.290 e. The van der Waals surface area contributed by atoms with Crippen LogP contribution in [-0.2, 0) is 0 Å². The summed E-state index contributed by atoms with van der Waals surface area (Å²) in [6, 6.07) is 0.753. The first-order valence-corrected chi connectivity index (χ1v) is 5.37. The molecule has 3 N–H and O–H groups in total. The lowest BCUT2D eigenvalue weighted by molar-refractivity contribution is 0.658. The van der Waals surface area contributed by atoms with Crippen LogP contribution in [-0.4, -0.2) is 29.1 Å². The number of aromatic nitrogens is 2. The maximum Gasteiger partial charge on any atom is 0.290 e. The predicted octanol–water partition coefficient (Wildman–Crippen LogP) is 0.324. The lowest BCUT2D eigenvalue weighted by Crippen LogP contribution is -2.22. The van der Waals surface area contributed by atoms with Gasteiger partial charge < -0.3 is 15.6 Å². The van der Waals surface area contributed by atoms with Crippen molar-refractivity contribution in [1.29, 1.82) is 0 Å². The molecule has 0 spiro atoms. The Bertz CT molecular complexity index is 358. The van der Waals surface area contributed by atoms with Crippen molar-refractivity contribution in [3.8, 4) is 0 Å². The molecule has 1 heterocycles. The molecule has 5 heteroatoms. The van der Waals surface area contributed by atoms with Crippen molar-refractivity contribution in [3.05, 3.63) is 22.7 Å². The maximum atomic E-state index is 11.2. The lowest BCUT2D eigenvalue weighted by Gasteiger charge is -2.04. The molecule has 0 aromatic carbocycles. The molecule has 0 bridgehead atoms. The molecular weight excluding hydrogens is 192 g/mol. The summed E-state index contributed by atoms with van der Waals surface area (Å²) in [5.74, 6) is 0.406. The molecule has 0 unspecified atom stereocenters. The summed E-state index contributed by atoms with van der Waals surface area (Å²) in [6.07, 6.45) is 6.74. The second-order valence-corrected chi connectivity index (χ2v) is 3.78. The molecule has 0 saturated heterocycles. The van der Waals surface area contributed by atoms with Gasteiger partial charge in [-0.15, -0.1) is 0 Å². The van der Waals surface area contributed by atoms with E-state index >= 15 is 0 Å². The fourth-order valence-corrected chi connectivity index (χ4v) is 1.37. The normalized spacial score (nSPS) is 15.2. The van der Waals surface area contributed by atoms with Gasteiger partial charge in [0.2, 0.25) is 0 Å². The summed E-state index contributed by atoms with van der Waals surface area (Å²) in [5.41, 5.74) is -0.160. The van der Waals surface area contributed by atoms with Gasteiger partial charge in [0, 0.05) is 25.0 Å². The highest BCUT2D eigenvalue weighted by Crippen LogP contribution is 2.18. The molecule has 0 radical (unpaired) electrons. The SMILES string of the molecule is O=c1[nH]ccnc1NCCCNC1CC1. The number of H-pyrrole nitrogens is 1. The van der Waals surface area contributed by atoms with Gasteiger partial charge in [0.15, 0.2) is 5.82 Å². The lowest BCUT2D eigenvalue weighted by atomic mass is 10.4. The molecule has 0 aliphatic heterocycles. The number of hydrogen-bond donors (Lipinski definition) is 3. The summed E-state index contributed by atoms with van der Waals surface area (Å²) >= 11 is 0.